The molecular formula is C21H27N3O2. The number of ether oxygens (including phenoxy) is 1. The first kappa shape index (κ1) is 18.1. The zero-order valence-corrected chi connectivity index (χ0v) is 15.6. The van der Waals surface area contributed by atoms with E-state index in [1.807, 2.05) is 17.0 Å². The van der Waals surface area contributed by atoms with Crippen molar-refractivity contribution in [2.24, 2.45) is 0 Å². The van der Waals surface area contributed by atoms with Gasteiger partial charge < -0.3 is 19.9 Å². The molecule has 2 aromatic carbocycles. The van der Waals surface area contributed by atoms with Gasteiger partial charge in [0.15, 0.2) is 0 Å². The van der Waals surface area contributed by atoms with Crippen molar-refractivity contribution >= 4 is 11.7 Å². The Labute approximate surface area is 155 Å². The maximum atomic E-state index is 12.4. The number of urea groups is 1. The summed E-state index contributed by atoms with van der Waals surface area (Å²) >= 11 is 0. The molecule has 5 nitrogen and oxygen atoms in total. The van der Waals surface area contributed by atoms with Crippen LogP contribution in [0.2, 0.25) is 0 Å². The molecule has 0 radical (unpaired) electrons. The molecule has 2 amide bonds. The zero-order valence-electron chi connectivity index (χ0n) is 15.6. The van der Waals surface area contributed by atoms with Crippen LogP contribution in [0.15, 0.2) is 48.5 Å². The van der Waals surface area contributed by atoms with E-state index in [2.05, 4.69) is 53.5 Å². The lowest BCUT2D eigenvalue weighted by Crippen LogP contribution is -2.52. The molecule has 1 saturated heterocycles. The molecule has 1 N–H and O–H groups in total. The summed E-state index contributed by atoms with van der Waals surface area (Å²) in [6.45, 7) is 5.92. The van der Waals surface area contributed by atoms with Crippen LogP contribution in [0.1, 0.15) is 11.1 Å². The maximum Gasteiger partial charge on any atom is 0.317 e. The lowest BCUT2D eigenvalue weighted by Gasteiger charge is -2.36. The highest BCUT2D eigenvalue weighted by Crippen LogP contribution is 2.20. The number of amides is 2. The predicted molar refractivity (Wildman–Crippen MR) is 105 cm³/mol. The Kier molecular flexibility index (Phi) is 6.00. The van der Waals surface area contributed by atoms with Gasteiger partial charge in [0.25, 0.3) is 0 Å². The van der Waals surface area contributed by atoms with E-state index >= 15 is 0 Å². The number of carbonyl (C=O) groups excluding carboxylic acids is 1. The van der Waals surface area contributed by atoms with Crippen LogP contribution in [0.5, 0.6) is 5.75 Å². The molecule has 1 heterocycles. The Morgan fingerprint density at radius 1 is 1.08 bits per heavy atom. The number of methoxy groups -OCH3 is 1. The highest BCUT2D eigenvalue weighted by Gasteiger charge is 2.20. The summed E-state index contributed by atoms with van der Waals surface area (Å²) in [6, 6.07) is 16.5. The zero-order chi connectivity index (χ0) is 18.4. The van der Waals surface area contributed by atoms with Crippen LogP contribution < -0.4 is 15.0 Å². The maximum absolute atomic E-state index is 12.4. The predicted octanol–water partition coefficient (Wildman–Crippen LogP) is 3.08. The Hall–Kier alpha value is -2.69. The molecule has 0 aliphatic carbocycles. The van der Waals surface area contributed by atoms with Gasteiger partial charge in [0.05, 0.1) is 7.11 Å². The summed E-state index contributed by atoms with van der Waals surface area (Å²) in [5.41, 5.74) is 3.68. The first-order valence-electron chi connectivity index (χ1n) is 9.13. The molecule has 1 aliphatic heterocycles. The van der Waals surface area contributed by atoms with E-state index in [0.717, 1.165) is 38.3 Å². The smallest absolute Gasteiger partial charge is 0.317 e. The molecule has 5 heteroatoms. The molecule has 0 spiro atoms. The van der Waals surface area contributed by atoms with Gasteiger partial charge in [-0.15, -0.1) is 0 Å². The first-order valence-corrected chi connectivity index (χ1v) is 9.13. The minimum atomic E-state index is 0.0343. The number of aryl methyl sites for hydroxylation is 1. The average molecular weight is 353 g/mol. The summed E-state index contributed by atoms with van der Waals surface area (Å²) in [4.78, 5) is 16.6. The van der Waals surface area contributed by atoms with Crippen molar-refractivity contribution < 1.29 is 9.53 Å². The van der Waals surface area contributed by atoms with Gasteiger partial charge in [0.1, 0.15) is 5.75 Å². The van der Waals surface area contributed by atoms with Gasteiger partial charge in [0.2, 0.25) is 0 Å². The van der Waals surface area contributed by atoms with Crippen molar-refractivity contribution in [3.05, 3.63) is 59.7 Å². The molecule has 1 fully saturated rings. The van der Waals surface area contributed by atoms with Gasteiger partial charge in [-0.1, -0.05) is 29.8 Å². The van der Waals surface area contributed by atoms with Gasteiger partial charge in [-0.2, -0.15) is 0 Å². The van der Waals surface area contributed by atoms with Crippen LogP contribution >= 0.6 is 0 Å². The molecule has 0 bridgehead atoms. The minimum Gasteiger partial charge on any atom is -0.497 e. The van der Waals surface area contributed by atoms with E-state index in [0.29, 0.717) is 6.54 Å². The van der Waals surface area contributed by atoms with E-state index in [1.54, 1.807) is 7.11 Å². The third-order valence-electron chi connectivity index (χ3n) is 4.78. The molecule has 0 atom stereocenters. The molecule has 26 heavy (non-hydrogen) atoms. The Morgan fingerprint density at radius 3 is 2.46 bits per heavy atom. The van der Waals surface area contributed by atoms with E-state index in [-0.39, 0.29) is 6.03 Å². The fraction of sp³-hybridized carbons (Fsp3) is 0.381. The van der Waals surface area contributed by atoms with Crippen LogP contribution in [0, 0.1) is 6.92 Å². The summed E-state index contributed by atoms with van der Waals surface area (Å²) in [5, 5.41) is 3.04. The minimum absolute atomic E-state index is 0.0343. The van der Waals surface area contributed by atoms with Gasteiger partial charge in [-0.3, -0.25) is 0 Å². The number of piperazine rings is 1. The van der Waals surface area contributed by atoms with Crippen LogP contribution in [0.25, 0.3) is 0 Å². The summed E-state index contributed by atoms with van der Waals surface area (Å²) < 4.78 is 5.20. The Bertz CT molecular complexity index is 722. The number of anilines is 1. The quantitative estimate of drug-likeness (QED) is 0.898. The number of benzene rings is 2. The average Bonchev–Trinajstić information content (AvgIpc) is 2.68. The monoisotopic (exact) mass is 353 g/mol. The van der Waals surface area contributed by atoms with E-state index in [9.17, 15) is 4.79 Å². The number of carbonyl (C=O) groups is 1. The second kappa shape index (κ2) is 8.61. The third-order valence-corrected chi connectivity index (χ3v) is 4.78. The van der Waals surface area contributed by atoms with Crippen LogP contribution in [-0.2, 0) is 6.42 Å². The van der Waals surface area contributed by atoms with Crippen molar-refractivity contribution in [2.45, 2.75) is 13.3 Å². The molecule has 0 saturated carbocycles. The van der Waals surface area contributed by atoms with Gasteiger partial charge in [-0.05, 0) is 43.2 Å². The van der Waals surface area contributed by atoms with Crippen molar-refractivity contribution in [2.75, 3.05) is 44.7 Å². The number of hydrogen-bond acceptors (Lipinski definition) is 3. The SMILES string of the molecule is COc1ccc(N2CCN(C(=O)NCCc3cccc(C)c3)CC2)cc1. The van der Waals surface area contributed by atoms with Crippen molar-refractivity contribution in [1.29, 1.82) is 0 Å². The van der Waals surface area contributed by atoms with Crippen molar-refractivity contribution in [3.63, 3.8) is 0 Å². The van der Waals surface area contributed by atoms with Crippen molar-refractivity contribution in [1.82, 2.24) is 10.2 Å². The number of nitrogens with zero attached hydrogens (tertiary/aromatic N) is 2. The highest BCUT2D eigenvalue weighted by molar-refractivity contribution is 5.74. The highest BCUT2D eigenvalue weighted by atomic mass is 16.5. The molecular weight excluding hydrogens is 326 g/mol. The van der Waals surface area contributed by atoms with Crippen LogP contribution in [-0.4, -0.2) is 50.8 Å². The van der Waals surface area contributed by atoms with Gasteiger partial charge in [0, 0.05) is 38.4 Å². The summed E-state index contributed by atoms with van der Waals surface area (Å²) in [5.74, 6) is 0.861. The van der Waals surface area contributed by atoms with E-state index < -0.39 is 0 Å². The van der Waals surface area contributed by atoms with E-state index in [1.165, 1.54) is 16.8 Å². The Balaban J connectivity index is 1.43. The molecule has 0 unspecified atom stereocenters. The second-order valence-corrected chi connectivity index (χ2v) is 6.64. The number of hydrogen-bond donors (Lipinski definition) is 1. The summed E-state index contributed by atoms with van der Waals surface area (Å²) in [7, 11) is 1.67. The van der Waals surface area contributed by atoms with E-state index in [4.69, 9.17) is 4.74 Å². The fourth-order valence-electron chi connectivity index (χ4n) is 3.25. The standard InChI is InChI=1S/C21H27N3O2/c1-17-4-3-5-18(16-17)10-11-22-21(25)24-14-12-23(13-15-24)19-6-8-20(26-2)9-7-19/h3-9,16H,10-15H2,1-2H3,(H,22,25). The van der Waals surface area contributed by atoms with Crippen LogP contribution in [0.3, 0.4) is 0 Å². The largest absolute Gasteiger partial charge is 0.497 e. The normalized spacial score (nSPS) is 14.2. The Morgan fingerprint density at radius 2 is 1.81 bits per heavy atom. The van der Waals surface area contributed by atoms with Crippen LogP contribution in [0.4, 0.5) is 10.5 Å². The lowest BCUT2D eigenvalue weighted by molar-refractivity contribution is 0.194. The first-order chi connectivity index (χ1) is 12.7. The topological polar surface area (TPSA) is 44.8 Å². The van der Waals surface area contributed by atoms with Gasteiger partial charge >= 0.3 is 6.03 Å². The number of rotatable bonds is 5. The van der Waals surface area contributed by atoms with Crippen molar-refractivity contribution in [3.8, 4) is 5.75 Å². The number of nitrogens with one attached hydrogen (secondary N) is 1. The summed E-state index contributed by atoms with van der Waals surface area (Å²) in [6.07, 6.45) is 0.860. The fourth-order valence-corrected chi connectivity index (χ4v) is 3.25. The molecule has 138 valence electrons. The third kappa shape index (κ3) is 4.69. The van der Waals surface area contributed by atoms with Gasteiger partial charge in [-0.25, -0.2) is 4.79 Å². The molecule has 3 rings (SSSR count). The lowest BCUT2D eigenvalue weighted by atomic mass is 10.1. The molecule has 1 aliphatic rings. The second-order valence-electron chi connectivity index (χ2n) is 6.64. The molecule has 2 aromatic rings. The molecule has 0 aromatic heterocycles.